The zero-order valence-electron chi connectivity index (χ0n) is 30.0. The molecule has 2 aliphatic rings. The molecule has 3 aromatic heterocycles. The first kappa shape index (κ1) is 37.7. The number of hydrogen-bond acceptors (Lipinski definition) is 10. The Kier molecular flexibility index (Phi) is 9.53. The number of amides is 2. The molecule has 5 heterocycles. The predicted octanol–water partition coefficient (Wildman–Crippen LogP) is 5.10. The Balaban J connectivity index is 1.28. The third-order valence-corrected chi connectivity index (χ3v) is 10.1. The summed E-state index contributed by atoms with van der Waals surface area (Å²) in [5, 5.41) is 17.1. The normalized spacial score (nSPS) is 15.4. The van der Waals surface area contributed by atoms with Crippen molar-refractivity contribution in [2.75, 3.05) is 36.4 Å². The number of piperazine rings is 1. The van der Waals surface area contributed by atoms with Gasteiger partial charge in [0.05, 0.1) is 39.9 Å². The van der Waals surface area contributed by atoms with Crippen LogP contribution in [0.5, 0.6) is 5.75 Å². The maximum atomic E-state index is 15.5. The molecule has 7 rings (SSSR count). The van der Waals surface area contributed by atoms with E-state index in [4.69, 9.17) is 16.3 Å². The first-order valence-electron chi connectivity index (χ1n) is 17.2. The summed E-state index contributed by atoms with van der Waals surface area (Å²) in [7, 11) is 0. The Morgan fingerprint density at radius 3 is 2.49 bits per heavy atom. The lowest BCUT2D eigenvalue weighted by Crippen LogP contribution is -2.51. The molecule has 0 atom stereocenters. The second-order valence-corrected chi connectivity index (χ2v) is 14.1. The van der Waals surface area contributed by atoms with Crippen molar-refractivity contribution in [3.63, 3.8) is 0 Å². The number of rotatable bonds is 7. The molecule has 55 heavy (non-hydrogen) atoms. The van der Waals surface area contributed by atoms with Gasteiger partial charge in [-0.3, -0.25) is 14.4 Å². The quantitative estimate of drug-likeness (QED) is 0.213. The number of halogens is 5. The fourth-order valence-electron chi connectivity index (χ4n) is 7.00. The molecule has 0 spiro atoms. The number of ether oxygens (including phenoxy) is 1. The Labute approximate surface area is 315 Å². The fourth-order valence-corrected chi connectivity index (χ4v) is 7.22. The van der Waals surface area contributed by atoms with Crippen LogP contribution in [-0.4, -0.2) is 77.1 Å². The predicted molar refractivity (Wildman–Crippen MR) is 191 cm³/mol. The van der Waals surface area contributed by atoms with Gasteiger partial charge < -0.3 is 29.5 Å². The maximum absolute atomic E-state index is 15.5. The molecule has 0 radical (unpaired) electrons. The van der Waals surface area contributed by atoms with Gasteiger partial charge in [0.1, 0.15) is 24.4 Å². The highest BCUT2D eigenvalue weighted by atomic mass is 35.5. The lowest BCUT2D eigenvalue weighted by Gasteiger charge is -2.36. The zero-order chi connectivity index (χ0) is 39.6. The van der Waals surface area contributed by atoms with Gasteiger partial charge in [0.2, 0.25) is 11.7 Å². The molecule has 0 unspecified atom stereocenters. The highest BCUT2D eigenvalue weighted by molar-refractivity contribution is 6.33. The lowest BCUT2D eigenvalue weighted by atomic mass is 9.94. The van der Waals surface area contributed by atoms with Crippen LogP contribution >= 0.6 is 11.6 Å². The number of hydrogen-bond donors (Lipinski definition) is 2. The number of nitrogens with one attached hydrogen (secondary N) is 1. The van der Waals surface area contributed by atoms with Gasteiger partial charge in [-0.2, -0.15) is 22.7 Å². The zero-order valence-corrected chi connectivity index (χ0v) is 30.7. The first-order chi connectivity index (χ1) is 26.0. The van der Waals surface area contributed by atoms with Crippen LogP contribution in [0.3, 0.4) is 0 Å². The monoisotopic (exact) mass is 783 g/mol. The molecule has 1 fully saturated rings. The number of aromatic hydroxyl groups is 1. The van der Waals surface area contributed by atoms with Gasteiger partial charge >= 0.3 is 6.18 Å². The highest BCUT2D eigenvalue weighted by Gasteiger charge is 2.36. The van der Waals surface area contributed by atoms with Crippen LogP contribution in [-0.2, 0) is 40.9 Å². The van der Waals surface area contributed by atoms with E-state index < -0.39 is 47.1 Å². The molecule has 0 bridgehead atoms. The van der Waals surface area contributed by atoms with Crippen LogP contribution < -0.4 is 15.8 Å². The highest BCUT2D eigenvalue weighted by Crippen LogP contribution is 2.40. The van der Waals surface area contributed by atoms with Crippen molar-refractivity contribution in [1.82, 2.24) is 34.0 Å². The Morgan fingerprint density at radius 2 is 1.82 bits per heavy atom. The minimum atomic E-state index is -4.65. The average Bonchev–Trinajstić information content (AvgIpc) is 3.72. The second-order valence-electron chi connectivity index (χ2n) is 13.7. The molecular weight excluding hydrogens is 750 g/mol. The SMILES string of the molecule is CCc1c(N2CCN(C(=O)c3ncnc(C)c3O)CC2)c(=O)n2nc(-c3cc(F)c4c(c3)COC4(C)C)nc2n1CC(=O)Nc1ccc(C(F)(F)F)cc1Cl. The summed E-state index contributed by atoms with van der Waals surface area (Å²) in [6.07, 6.45) is -3.25. The summed E-state index contributed by atoms with van der Waals surface area (Å²) >= 11 is 6.13. The third kappa shape index (κ3) is 6.84. The van der Waals surface area contributed by atoms with Crippen LogP contribution in [0.2, 0.25) is 5.02 Å². The smallest absolute Gasteiger partial charge is 0.416 e. The Hall–Kier alpha value is -5.62. The number of benzene rings is 2. The standard InChI is InChI=1S/C36H34ClF4N9O5/c1-5-25-29(47-8-10-48(11-9-47)32(53)28-30(52)18(2)42-17-43-28)33(54)50-34(45-31(46-50)19-12-20-16-55-35(3,4)27(20)23(38)13-19)49(25)15-26(51)44-24-7-6-21(14-22(24)37)36(39,40)41/h6-7,12-14,17,52H,5,8-11,15-16H2,1-4H3,(H,44,51). The van der Waals surface area contributed by atoms with Gasteiger partial charge in [-0.25, -0.2) is 14.4 Å². The topological polar surface area (TPSA) is 160 Å². The number of alkyl halides is 3. The molecule has 2 amide bonds. The molecule has 14 nitrogen and oxygen atoms in total. The van der Waals surface area contributed by atoms with Crippen molar-refractivity contribution in [3.8, 4) is 17.1 Å². The van der Waals surface area contributed by atoms with Crippen molar-refractivity contribution in [3.05, 3.63) is 91.6 Å². The number of fused-ring (bicyclic) bond motifs is 2. The molecule has 5 aromatic rings. The van der Waals surface area contributed by atoms with Crippen molar-refractivity contribution in [1.29, 1.82) is 0 Å². The van der Waals surface area contributed by atoms with E-state index in [2.05, 4.69) is 25.4 Å². The molecular formula is C36H34ClF4N9O5. The fraction of sp³-hybridized carbons (Fsp3) is 0.361. The van der Waals surface area contributed by atoms with E-state index in [1.807, 2.05) is 0 Å². The van der Waals surface area contributed by atoms with Crippen LogP contribution in [0.25, 0.3) is 17.2 Å². The number of nitrogens with zero attached hydrogens (tertiary/aromatic N) is 8. The number of aromatic nitrogens is 6. The van der Waals surface area contributed by atoms with E-state index >= 15 is 4.39 Å². The van der Waals surface area contributed by atoms with Gasteiger partial charge in [-0.05, 0) is 63.1 Å². The van der Waals surface area contributed by atoms with Crippen molar-refractivity contribution in [2.24, 2.45) is 0 Å². The molecule has 19 heteroatoms. The maximum Gasteiger partial charge on any atom is 0.416 e. The van der Waals surface area contributed by atoms with Crippen LogP contribution in [0, 0.1) is 12.7 Å². The van der Waals surface area contributed by atoms with E-state index in [1.165, 1.54) is 21.9 Å². The summed E-state index contributed by atoms with van der Waals surface area (Å²) in [6, 6.07) is 5.48. The van der Waals surface area contributed by atoms with Crippen LogP contribution in [0.1, 0.15) is 59.3 Å². The van der Waals surface area contributed by atoms with E-state index in [9.17, 15) is 32.7 Å². The molecule has 2 aromatic carbocycles. The Morgan fingerprint density at radius 1 is 1.09 bits per heavy atom. The van der Waals surface area contributed by atoms with E-state index in [0.29, 0.717) is 22.9 Å². The molecule has 0 saturated carbocycles. The van der Waals surface area contributed by atoms with Gasteiger partial charge in [-0.1, -0.05) is 18.5 Å². The van der Waals surface area contributed by atoms with Crippen LogP contribution in [0.15, 0.2) is 41.5 Å². The molecule has 2 N–H and O–H groups in total. The van der Waals surface area contributed by atoms with Crippen molar-refractivity contribution >= 4 is 40.6 Å². The van der Waals surface area contributed by atoms with Gasteiger partial charge in [0, 0.05) is 37.3 Å². The minimum absolute atomic E-state index is 0.00183. The molecule has 0 aliphatic carbocycles. The van der Waals surface area contributed by atoms with E-state index in [1.54, 1.807) is 38.7 Å². The minimum Gasteiger partial charge on any atom is -0.504 e. The van der Waals surface area contributed by atoms with Gasteiger partial charge in [0.25, 0.3) is 11.5 Å². The first-order valence-corrected chi connectivity index (χ1v) is 17.6. The molecule has 2 aliphatic heterocycles. The third-order valence-electron chi connectivity index (χ3n) is 9.74. The summed E-state index contributed by atoms with van der Waals surface area (Å²) in [5.41, 5.74) is -0.582. The average molecular weight is 784 g/mol. The summed E-state index contributed by atoms with van der Waals surface area (Å²) in [6.45, 7) is 7.13. The summed E-state index contributed by atoms with van der Waals surface area (Å²) in [5.74, 6) is -2.12. The van der Waals surface area contributed by atoms with Crippen molar-refractivity contribution in [2.45, 2.75) is 59.0 Å². The summed E-state index contributed by atoms with van der Waals surface area (Å²) in [4.78, 5) is 57.0. The number of carbonyl (C=O) groups excluding carboxylic acids is 2. The second kappa shape index (κ2) is 13.9. The Bertz CT molecular complexity index is 2440. The van der Waals surface area contributed by atoms with Gasteiger partial charge in [0.15, 0.2) is 17.3 Å². The molecule has 288 valence electrons. The lowest BCUT2D eigenvalue weighted by molar-refractivity contribution is -0.137. The largest absolute Gasteiger partial charge is 0.504 e. The van der Waals surface area contributed by atoms with Crippen LogP contribution in [0.4, 0.5) is 28.9 Å². The molecule has 1 saturated heterocycles. The number of anilines is 2. The van der Waals surface area contributed by atoms with E-state index in [-0.39, 0.29) is 89.9 Å². The number of aryl methyl sites for hydroxylation is 1. The number of carbonyl (C=O) groups is 2. The van der Waals surface area contributed by atoms with Gasteiger partial charge in [-0.15, -0.1) is 5.10 Å². The van der Waals surface area contributed by atoms with Crippen molar-refractivity contribution < 1.29 is 37.0 Å². The summed E-state index contributed by atoms with van der Waals surface area (Å²) < 4.78 is 63.6. The van der Waals surface area contributed by atoms with E-state index in [0.717, 1.165) is 16.6 Å².